The van der Waals surface area contributed by atoms with Crippen LogP contribution in [0.3, 0.4) is 0 Å². The average Bonchev–Trinajstić information content (AvgIpc) is 2.58. The first-order chi connectivity index (χ1) is 10.8. The van der Waals surface area contributed by atoms with E-state index < -0.39 is 0 Å². The molecule has 0 aliphatic rings. The second-order valence-electron chi connectivity index (χ2n) is 4.75. The number of aryl methyl sites for hydroxylation is 1. The Morgan fingerprint density at radius 2 is 1.77 bits per heavy atom. The van der Waals surface area contributed by atoms with Crippen LogP contribution in [0.2, 0.25) is 0 Å². The van der Waals surface area contributed by atoms with Crippen molar-refractivity contribution < 1.29 is 19.0 Å². The highest BCUT2D eigenvalue weighted by Crippen LogP contribution is 2.24. The van der Waals surface area contributed by atoms with Gasteiger partial charge in [0.05, 0.1) is 20.8 Å². The molecular weight excluding hydrogens is 280 g/mol. The van der Waals surface area contributed by atoms with Gasteiger partial charge in [-0.25, -0.2) is 4.79 Å². The first-order valence-electron chi connectivity index (χ1n) is 7.18. The molecule has 116 valence electrons. The van der Waals surface area contributed by atoms with E-state index in [0.29, 0.717) is 24.3 Å². The van der Waals surface area contributed by atoms with E-state index in [0.717, 1.165) is 17.7 Å². The third-order valence-electron chi connectivity index (χ3n) is 3.32. The Morgan fingerprint density at radius 1 is 1.00 bits per heavy atom. The molecule has 0 aliphatic carbocycles. The lowest BCUT2D eigenvalue weighted by Gasteiger charge is -2.12. The van der Waals surface area contributed by atoms with E-state index in [1.807, 2.05) is 42.5 Å². The van der Waals surface area contributed by atoms with E-state index >= 15 is 0 Å². The Hall–Kier alpha value is -2.49. The predicted molar refractivity (Wildman–Crippen MR) is 84.6 cm³/mol. The Balaban J connectivity index is 1.99. The summed E-state index contributed by atoms with van der Waals surface area (Å²) in [5, 5.41) is 0. The first-order valence-corrected chi connectivity index (χ1v) is 7.18. The number of esters is 1. The van der Waals surface area contributed by atoms with Crippen LogP contribution in [-0.2, 0) is 11.2 Å². The molecular formula is C18H20O4. The number of para-hydroxylation sites is 1. The zero-order valence-corrected chi connectivity index (χ0v) is 12.9. The van der Waals surface area contributed by atoms with Gasteiger partial charge in [-0.15, -0.1) is 0 Å². The van der Waals surface area contributed by atoms with Gasteiger partial charge in [-0.1, -0.05) is 30.3 Å². The van der Waals surface area contributed by atoms with Crippen molar-refractivity contribution in [1.82, 2.24) is 0 Å². The van der Waals surface area contributed by atoms with Gasteiger partial charge < -0.3 is 14.2 Å². The Morgan fingerprint density at radius 3 is 2.45 bits per heavy atom. The van der Waals surface area contributed by atoms with E-state index in [-0.39, 0.29) is 5.97 Å². The maximum atomic E-state index is 11.9. The molecule has 0 atom stereocenters. The van der Waals surface area contributed by atoms with Crippen molar-refractivity contribution in [1.29, 1.82) is 0 Å². The lowest BCUT2D eigenvalue weighted by molar-refractivity contribution is 0.0595. The van der Waals surface area contributed by atoms with Gasteiger partial charge in [0.25, 0.3) is 0 Å². The van der Waals surface area contributed by atoms with Gasteiger partial charge in [0.2, 0.25) is 0 Å². The quantitative estimate of drug-likeness (QED) is 0.580. The van der Waals surface area contributed by atoms with E-state index in [2.05, 4.69) is 0 Å². The van der Waals surface area contributed by atoms with Crippen molar-refractivity contribution in [3.05, 3.63) is 59.7 Å². The summed E-state index contributed by atoms with van der Waals surface area (Å²) in [6.07, 6.45) is 1.51. The summed E-state index contributed by atoms with van der Waals surface area (Å²) >= 11 is 0. The Labute approximate surface area is 130 Å². The number of hydrogen-bond donors (Lipinski definition) is 0. The molecule has 0 saturated carbocycles. The van der Waals surface area contributed by atoms with Crippen LogP contribution in [0, 0.1) is 0 Å². The maximum Gasteiger partial charge on any atom is 0.341 e. The molecule has 0 radical (unpaired) electrons. The average molecular weight is 300 g/mol. The second-order valence-corrected chi connectivity index (χ2v) is 4.75. The van der Waals surface area contributed by atoms with Crippen molar-refractivity contribution in [2.75, 3.05) is 20.8 Å². The number of benzene rings is 2. The topological polar surface area (TPSA) is 44.8 Å². The standard InChI is InChI=1S/C18H20O4/c1-20-16-12-6-8-14(17(16)18(19)21-2)9-7-13-22-15-10-4-3-5-11-15/h3-6,8,10-12H,7,9,13H2,1-2H3. The first kappa shape index (κ1) is 15.9. The maximum absolute atomic E-state index is 11.9. The smallest absolute Gasteiger partial charge is 0.341 e. The zero-order chi connectivity index (χ0) is 15.8. The summed E-state index contributed by atoms with van der Waals surface area (Å²) in [6, 6.07) is 15.2. The van der Waals surface area contributed by atoms with E-state index in [1.54, 1.807) is 13.2 Å². The van der Waals surface area contributed by atoms with Gasteiger partial charge in [-0.3, -0.25) is 0 Å². The summed E-state index contributed by atoms with van der Waals surface area (Å²) < 4.78 is 15.8. The van der Waals surface area contributed by atoms with Gasteiger partial charge >= 0.3 is 5.97 Å². The molecule has 0 spiro atoms. The minimum Gasteiger partial charge on any atom is -0.496 e. The fraction of sp³-hybridized carbons (Fsp3) is 0.278. The van der Waals surface area contributed by atoms with Gasteiger partial charge in [0, 0.05) is 0 Å². The zero-order valence-electron chi connectivity index (χ0n) is 12.9. The highest BCUT2D eigenvalue weighted by Gasteiger charge is 2.17. The molecule has 4 nitrogen and oxygen atoms in total. The van der Waals surface area contributed by atoms with E-state index in [9.17, 15) is 4.79 Å². The van der Waals surface area contributed by atoms with Crippen molar-refractivity contribution >= 4 is 5.97 Å². The molecule has 22 heavy (non-hydrogen) atoms. The minimum absolute atomic E-state index is 0.378. The largest absolute Gasteiger partial charge is 0.496 e. The summed E-state index contributed by atoms with van der Waals surface area (Å²) in [4.78, 5) is 11.9. The highest BCUT2D eigenvalue weighted by molar-refractivity contribution is 5.94. The SMILES string of the molecule is COC(=O)c1c(CCCOc2ccccc2)cccc1OC. The summed E-state index contributed by atoms with van der Waals surface area (Å²) in [5.74, 6) is 1.01. The minimum atomic E-state index is -0.378. The van der Waals surface area contributed by atoms with Crippen LogP contribution in [0.5, 0.6) is 11.5 Å². The van der Waals surface area contributed by atoms with Gasteiger partial charge in [-0.2, -0.15) is 0 Å². The predicted octanol–water partition coefficient (Wildman–Crippen LogP) is 3.49. The third kappa shape index (κ3) is 4.01. The Kier molecular flexibility index (Phi) is 5.83. The normalized spacial score (nSPS) is 10.1. The number of rotatable bonds is 7. The third-order valence-corrected chi connectivity index (χ3v) is 3.32. The molecule has 0 bridgehead atoms. The van der Waals surface area contributed by atoms with Crippen LogP contribution in [-0.4, -0.2) is 26.8 Å². The molecule has 2 aromatic rings. The number of methoxy groups -OCH3 is 2. The molecule has 0 unspecified atom stereocenters. The van der Waals surface area contributed by atoms with Crippen molar-refractivity contribution in [2.24, 2.45) is 0 Å². The van der Waals surface area contributed by atoms with Crippen molar-refractivity contribution in [3.63, 3.8) is 0 Å². The van der Waals surface area contributed by atoms with Crippen molar-refractivity contribution in [3.8, 4) is 11.5 Å². The molecule has 0 fully saturated rings. The van der Waals surface area contributed by atoms with Gasteiger partial charge in [0.15, 0.2) is 0 Å². The number of carbonyl (C=O) groups is 1. The van der Waals surface area contributed by atoms with E-state index in [1.165, 1.54) is 7.11 Å². The molecule has 0 heterocycles. The fourth-order valence-corrected chi connectivity index (χ4v) is 2.26. The number of ether oxygens (including phenoxy) is 3. The second kappa shape index (κ2) is 8.08. The molecule has 0 aromatic heterocycles. The summed E-state index contributed by atoms with van der Waals surface area (Å²) in [6.45, 7) is 0.585. The van der Waals surface area contributed by atoms with Gasteiger partial charge in [0.1, 0.15) is 17.1 Å². The lowest BCUT2D eigenvalue weighted by Crippen LogP contribution is -2.09. The Bertz CT molecular complexity index is 608. The number of carbonyl (C=O) groups excluding carboxylic acids is 1. The van der Waals surface area contributed by atoms with Gasteiger partial charge in [-0.05, 0) is 36.6 Å². The monoisotopic (exact) mass is 300 g/mol. The summed E-state index contributed by atoms with van der Waals surface area (Å²) in [7, 11) is 2.92. The molecule has 0 N–H and O–H groups in total. The van der Waals surface area contributed by atoms with Crippen LogP contribution >= 0.6 is 0 Å². The number of hydrogen-bond acceptors (Lipinski definition) is 4. The molecule has 4 heteroatoms. The van der Waals surface area contributed by atoms with Crippen LogP contribution in [0.15, 0.2) is 48.5 Å². The molecule has 2 aromatic carbocycles. The molecule has 2 rings (SSSR count). The van der Waals surface area contributed by atoms with Crippen LogP contribution in [0.25, 0.3) is 0 Å². The van der Waals surface area contributed by atoms with Crippen LogP contribution in [0.1, 0.15) is 22.3 Å². The highest BCUT2D eigenvalue weighted by atomic mass is 16.5. The lowest BCUT2D eigenvalue weighted by atomic mass is 10.0. The fourth-order valence-electron chi connectivity index (χ4n) is 2.26. The van der Waals surface area contributed by atoms with Crippen molar-refractivity contribution in [2.45, 2.75) is 12.8 Å². The van der Waals surface area contributed by atoms with Crippen LogP contribution in [0.4, 0.5) is 0 Å². The van der Waals surface area contributed by atoms with Crippen LogP contribution < -0.4 is 9.47 Å². The molecule has 0 saturated heterocycles. The summed E-state index contributed by atoms with van der Waals surface area (Å²) in [5.41, 5.74) is 1.40. The molecule has 0 aliphatic heterocycles. The van der Waals surface area contributed by atoms with E-state index in [4.69, 9.17) is 14.2 Å². The molecule has 0 amide bonds.